The lowest BCUT2D eigenvalue weighted by molar-refractivity contribution is 0.0697. The summed E-state index contributed by atoms with van der Waals surface area (Å²) in [4.78, 5) is 12.4. The maximum Gasteiger partial charge on any atom is 0.335 e. The van der Waals surface area contributed by atoms with Gasteiger partial charge in [-0.25, -0.2) is 9.18 Å². The minimum absolute atomic E-state index is 0.270. The van der Waals surface area contributed by atoms with Crippen LogP contribution in [-0.4, -0.2) is 36.2 Å². The van der Waals surface area contributed by atoms with Gasteiger partial charge in [-0.2, -0.15) is 0 Å². The summed E-state index contributed by atoms with van der Waals surface area (Å²) in [6.45, 7) is 0.647. The normalized spacial score (nSPS) is 10.6. The number of alkyl halides is 1. The second-order valence-corrected chi connectivity index (χ2v) is 3.43. The Morgan fingerprint density at radius 1 is 1.40 bits per heavy atom. The standard InChI is InChI=1S/C11H14FNO2/c1-13(7-6-12)8-9-2-4-10(5-3-9)11(14)15/h2-5H,6-8H2,1H3,(H,14,15). The van der Waals surface area contributed by atoms with Gasteiger partial charge in [-0.1, -0.05) is 12.1 Å². The van der Waals surface area contributed by atoms with E-state index in [1.165, 1.54) is 0 Å². The van der Waals surface area contributed by atoms with E-state index < -0.39 is 5.97 Å². The molecule has 1 rings (SSSR count). The molecule has 0 radical (unpaired) electrons. The van der Waals surface area contributed by atoms with Crippen molar-refractivity contribution in [2.45, 2.75) is 6.54 Å². The van der Waals surface area contributed by atoms with E-state index in [4.69, 9.17) is 5.11 Å². The van der Waals surface area contributed by atoms with Gasteiger partial charge in [-0.15, -0.1) is 0 Å². The molecular weight excluding hydrogens is 197 g/mol. The zero-order valence-corrected chi connectivity index (χ0v) is 8.61. The molecule has 0 bridgehead atoms. The van der Waals surface area contributed by atoms with Crippen LogP contribution in [0.2, 0.25) is 0 Å². The molecule has 1 aromatic rings. The van der Waals surface area contributed by atoms with E-state index in [9.17, 15) is 9.18 Å². The smallest absolute Gasteiger partial charge is 0.335 e. The summed E-state index contributed by atoms with van der Waals surface area (Å²) >= 11 is 0. The van der Waals surface area contributed by atoms with Crippen molar-refractivity contribution in [3.8, 4) is 0 Å². The predicted molar refractivity (Wildman–Crippen MR) is 55.7 cm³/mol. The first-order valence-corrected chi connectivity index (χ1v) is 4.70. The fraction of sp³-hybridized carbons (Fsp3) is 0.364. The monoisotopic (exact) mass is 211 g/mol. The zero-order chi connectivity index (χ0) is 11.3. The first-order chi connectivity index (χ1) is 7.13. The van der Waals surface area contributed by atoms with Crippen molar-refractivity contribution in [1.29, 1.82) is 0 Å². The first-order valence-electron chi connectivity index (χ1n) is 4.70. The van der Waals surface area contributed by atoms with Gasteiger partial charge in [0.1, 0.15) is 6.67 Å². The SMILES string of the molecule is CN(CCF)Cc1ccc(C(=O)O)cc1. The quantitative estimate of drug-likeness (QED) is 0.807. The zero-order valence-electron chi connectivity index (χ0n) is 8.61. The Hall–Kier alpha value is -1.42. The molecule has 0 saturated carbocycles. The number of hydrogen-bond donors (Lipinski definition) is 1. The fourth-order valence-electron chi connectivity index (χ4n) is 1.29. The molecular formula is C11H14FNO2. The van der Waals surface area contributed by atoms with Gasteiger partial charge in [-0.05, 0) is 24.7 Å². The van der Waals surface area contributed by atoms with Crippen LogP contribution in [0.3, 0.4) is 0 Å². The molecule has 0 aromatic heterocycles. The van der Waals surface area contributed by atoms with E-state index in [1.54, 1.807) is 24.3 Å². The van der Waals surface area contributed by atoms with E-state index >= 15 is 0 Å². The highest BCUT2D eigenvalue weighted by Gasteiger charge is 2.03. The van der Waals surface area contributed by atoms with E-state index in [0.29, 0.717) is 13.1 Å². The largest absolute Gasteiger partial charge is 0.478 e. The van der Waals surface area contributed by atoms with E-state index in [2.05, 4.69) is 0 Å². The second kappa shape index (κ2) is 5.46. The molecule has 0 fully saturated rings. The number of nitrogens with zero attached hydrogens (tertiary/aromatic N) is 1. The Labute approximate surface area is 88.1 Å². The molecule has 0 aliphatic rings. The van der Waals surface area contributed by atoms with Crippen LogP contribution >= 0.6 is 0 Å². The molecule has 3 nitrogen and oxygen atoms in total. The Balaban J connectivity index is 2.60. The average Bonchev–Trinajstić information content (AvgIpc) is 2.18. The molecule has 0 unspecified atom stereocenters. The fourth-order valence-corrected chi connectivity index (χ4v) is 1.29. The Bertz CT molecular complexity index is 324. The predicted octanol–water partition coefficient (Wildman–Crippen LogP) is 1.79. The van der Waals surface area contributed by atoms with Gasteiger partial charge in [0, 0.05) is 13.1 Å². The molecule has 0 heterocycles. The van der Waals surface area contributed by atoms with Crippen LogP contribution < -0.4 is 0 Å². The number of halogens is 1. The molecule has 4 heteroatoms. The van der Waals surface area contributed by atoms with Crippen LogP contribution in [0.25, 0.3) is 0 Å². The maximum atomic E-state index is 12.0. The van der Waals surface area contributed by atoms with Crippen molar-refractivity contribution in [2.75, 3.05) is 20.3 Å². The molecule has 82 valence electrons. The molecule has 0 atom stereocenters. The van der Waals surface area contributed by atoms with Crippen LogP contribution in [-0.2, 0) is 6.54 Å². The highest BCUT2D eigenvalue weighted by Crippen LogP contribution is 2.06. The number of carbonyl (C=O) groups is 1. The Morgan fingerprint density at radius 2 is 2.00 bits per heavy atom. The Kier molecular flexibility index (Phi) is 4.24. The number of hydrogen-bond acceptors (Lipinski definition) is 2. The minimum Gasteiger partial charge on any atom is -0.478 e. The minimum atomic E-state index is -0.932. The van der Waals surface area contributed by atoms with E-state index in [1.807, 2.05) is 11.9 Å². The summed E-state index contributed by atoms with van der Waals surface area (Å²) in [5.41, 5.74) is 1.25. The molecule has 0 spiro atoms. The second-order valence-electron chi connectivity index (χ2n) is 3.43. The summed E-state index contributed by atoms with van der Waals surface area (Å²) in [6.07, 6.45) is 0. The molecule has 1 aromatic carbocycles. The lowest BCUT2D eigenvalue weighted by Crippen LogP contribution is -2.20. The van der Waals surface area contributed by atoms with Crippen molar-refractivity contribution in [3.05, 3.63) is 35.4 Å². The van der Waals surface area contributed by atoms with Crippen LogP contribution in [0.1, 0.15) is 15.9 Å². The molecule has 1 N–H and O–H groups in total. The van der Waals surface area contributed by atoms with Crippen molar-refractivity contribution < 1.29 is 14.3 Å². The van der Waals surface area contributed by atoms with Gasteiger partial charge in [0.15, 0.2) is 0 Å². The van der Waals surface area contributed by atoms with Crippen LogP contribution in [0.5, 0.6) is 0 Å². The molecule has 15 heavy (non-hydrogen) atoms. The number of carboxylic acids is 1. The molecule has 0 aliphatic heterocycles. The molecule has 0 aliphatic carbocycles. The number of rotatable bonds is 5. The number of benzene rings is 1. The highest BCUT2D eigenvalue weighted by atomic mass is 19.1. The third-order valence-corrected chi connectivity index (χ3v) is 2.12. The van der Waals surface area contributed by atoms with Gasteiger partial charge < -0.3 is 5.11 Å². The van der Waals surface area contributed by atoms with Gasteiger partial charge in [-0.3, -0.25) is 4.90 Å². The third-order valence-electron chi connectivity index (χ3n) is 2.12. The topological polar surface area (TPSA) is 40.5 Å². The van der Waals surface area contributed by atoms with Gasteiger partial charge in [0.2, 0.25) is 0 Å². The van der Waals surface area contributed by atoms with Crippen molar-refractivity contribution in [1.82, 2.24) is 4.90 Å². The average molecular weight is 211 g/mol. The summed E-state index contributed by atoms with van der Waals surface area (Å²) in [5, 5.41) is 8.68. The molecule has 0 amide bonds. The third kappa shape index (κ3) is 3.67. The van der Waals surface area contributed by atoms with Gasteiger partial charge in [0.05, 0.1) is 5.56 Å². The lowest BCUT2D eigenvalue weighted by atomic mass is 10.1. The highest BCUT2D eigenvalue weighted by molar-refractivity contribution is 5.87. The number of carboxylic acid groups (broad SMARTS) is 1. The summed E-state index contributed by atoms with van der Waals surface area (Å²) in [5.74, 6) is -0.932. The van der Waals surface area contributed by atoms with Crippen molar-refractivity contribution >= 4 is 5.97 Å². The van der Waals surface area contributed by atoms with Gasteiger partial charge >= 0.3 is 5.97 Å². The lowest BCUT2D eigenvalue weighted by Gasteiger charge is -2.14. The number of aromatic carboxylic acids is 1. The maximum absolute atomic E-state index is 12.0. The van der Waals surface area contributed by atoms with Crippen LogP contribution in [0.15, 0.2) is 24.3 Å². The van der Waals surface area contributed by atoms with Gasteiger partial charge in [0.25, 0.3) is 0 Å². The summed E-state index contributed by atoms with van der Waals surface area (Å²) in [7, 11) is 1.82. The summed E-state index contributed by atoms with van der Waals surface area (Å²) in [6, 6.07) is 6.61. The van der Waals surface area contributed by atoms with Crippen LogP contribution in [0.4, 0.5) is 4.39 Å². The van der Waals surface area contributed by atoms with E-state index in [-0.39, 0.29) is 12.2 Å². The van der Waals surface area contributed by atoms with Crippen LogP contribution in [0, 0.1) is 0 Å². The molecule has 0 saturated heterocycles. The first kappa shape index (κ1) is 11.7. The van der Waals surface area contributed by atoms with Crippen molar-refractivity contribution in [2.24, 2.45) is 0 Å². The van der Waals surface area contributed by atoms with Crippen molar-refractivity contribution in [3.63, 3.8) is 0 Å². The Morgan fingerprint density at radius 3 is 2.47 bits per heavy atom. The van der Waals surface area contributed by atoms with E-state index in [0.717, 1.165) is 5.56 Å². The summed E-state index contributed by atoms with van der Waals surface area (Å²) < 4.78 is 12.0.